The zero-order valence-corrected chi connectivity index (χ0v) is 12.9. The predicted octanol–water partition coefficient (Wildman–Crippen LogP) is 3.63. The van der Waals surface area contributed by atoms with Gasteiger partial charge < -0.3 is 15.2 Å². The molecule has 1 aromatic carbocycles. The van der Waals surface area contributed by atoms with Crippen LogP contribution in [0.3, 0.4) is 0 Å². The summed E-state index contributed by atoms with van der Waals surface area (Å²) in [6.45, 7) is 7.10. The molecule has 4 nitrogen and oxygen atoms in total. The number of rotatable bonds is 6. The van der Waals surface area contributed by atoms with E-state index in [4.69, 9.17) is 15.2 Å². The number of benzene rings is 1. The van der Waals surface area contributed by atoms with E-state index in [0.717, 1.165) is 27.8 Å². The number of hydrogen-bond acceptors (Lipinski definition) is 5. The van der Waals surface area contributed by atoms with Crippen LogP contribution in [0.5, 0.6) is 11.5 Å². The molecule has 0 saturated carbocycles. The smallest absolute Gasteiger partial charge is 0.132 e. The van der Waals surface area contributed by atoms with Crippen molar-refractivity contribution in [1.29, 1.82) is 0 Å². The highest BCUT2D eigenvalue weighted by Crippen LogP contribution is 2.34. The predicted molar refractivity (Wildman–Crippen MR) is 82.5 cm³/mol. The summed E-state index contributed by atoms with van der Waals surface area (Å²) < 4.78 is 11.2. The number of nitrogens with zero attached hydrogens (tertiary/aromatic N) is 1. The summed E-state index contributed by atoms with van der Waals surface area (Å²) in [4.78, 5) is 4.57. The standard InChI is InChI=1S/C15H20N2O2S/c1-4-18-11-6-7-12(14(8-11)19-5-2)13-9-20-15(17-13)10(3)16/h6-10H,4-5,16H2,1-3H3. The highest BCUT2D eigenvalue weighted by molar-refractivity contribution is 7.10. The van der Waals surface area contributed by atoms with Gasteiger partial charge in [0.1, 0.15) is 16.5 Å². The second-order valence-corrected chi connectivity index (χ2v) is 5.27. The summed E-state index contributed by atoms with van der Waals surface area (Å²) in [5.41, 5.74) is 7.73. The van der Waals surface area contributed by atoms with Crippen molar-refractivity contribution < 1.29 is 9.47 Å². The van der Waals surface area contributed by atoms with Gasteiger partial charge in [-0.15, -0.1) is 11.3 Å². The fourth-order valence-electron chi connectivity index (χ4n) is 1.87. The lowest BCUT2D eigenvalue weighted by Crippen LogP contribution is -2.04. The third-order valence-electron chi connectivity index (χ3n) is 2.75. The van der Waals surface area contributed by atoms with Crippen molar-refractivity contribution in [3.63, 3.8) is 0 Å². The minimum Gasteiger partial charge on any atom is -0.494 e. The van der Waals surface area contributed by atoms with Crippen LogP contribution in [0, 0.1) is 0 Å². The molecule has 20 heavy (non-hydrogen) atoms. The first-order valence-corrected chi connectivity index (χ1v) is 7.64. The van der Waals surface area contributed by atoms with Crippen LogP contribution in [0.1, 0.15) is 31.8 Å². The topological polar surface area (TPSA) is 57.4 Å². The Kier molecular flexibility index (Phi) is 4.98. The molecule has 1 heterocycles. The summed E-state index contributed by atoms with van der Waals surface area (Å²) in [6.07, 6.45) is 0. The second kappa shape index (κ2) is 6.72. The first kappa shape index (κ1) is 14.8. The van der Waals surface area contributed by atoms with E-state index in [2.05, 4.69) is 4.98 Å². The maximum atomic E-state index is 5.86. The SMILES string of the molecule is CCOc1ccc(-c2csc(C(C)N)n2)c(OCC)c1. The van der Waals surface area contributed by atoms with E-state index in [9.17, 15) is 0 Å². The summed E-state index contributed by atoms with van der Waals surface area (Å²) in [7, 11) is 0. The summed E-state index contributed by atoms with van der Waals surface area (Å²) in [5, 5.41) is 2.94. The van der Waals surface area contributed by atoms with Gasteiger partial charge in [-0.05, 0) is 32.9 Å². The minimum absolute atomic E-state index is 0.0491. The normalized spacial score (nSPS) is 12.2. The van der Waals surface area contributed by atoms with Crippen LogP contribution in [-0.2, 0) is 0 Å². The molecule has 108 valence electrons. The molecule has 2 aromatic rings. The summed E-state index contributed by atoms with van der Waals surface area (Å²) in [5.74, 6) is 1.60. The lowest BCUT2D eigenvalue weighted by molar-refractivity contribution is 0.324. The van der Waals surface area contributed by atoms with Gasteiger partial charge >= 0.3 is 0 Å². The van der Waals surface area contributed by atoms with Gasteiger partial charge in [0.05, 0.1) is 24.9 Å². The summed E-state index contributed by atoms with van der Waals surface area (Å²) >= 11 is 1.57. The van der Waals surface area contributed by atoms with Crippen LogP contribution in [0.4, 0.5) is 0 Å². The number of aromatic nitrogens is 1. The third kappa shape index (κ3) is 3.29. The molecule has 0 saturated heterocycles. The first-order chi connectivity index (χ1) is 9.65. The Labute approximate surface area is 123 Å². The summed E-state index contributed by atoms with van der Waals surface area (Å²) in [6, 6.07) is 5.78. The molecular weight excluding hydrogens is 272 g/mol. The second-order valence-electron chi connectivity index (χ2n) is 4.38. The first-order valence-electron chi connectivity index (χ1n) is 6.76. The molecule has 0 amide bonds. The van der Waals surface area contributed by atoms with Gasteiger partial charge in [0.25, 0.3) is 0 Å². The third-order valence-corrected chi connectivity index (χ3v) is 3.80. The molecule has 0 aliphatic rings. The molecule has 0 bridgehead atoms. The maximum Gasteiger partial charge on any atom is 0.132 e. The molecule has 1 unspecified atom stereocenters. The average molecular weight is 292 g/mol. The molecule has 1 atom stereocenters. The Balaban J connectivity index is 2.37. The van der Waals surface area contributed by atoms with Crippen molar-refractivity contribution in [1.82, 2.24) is 4.98 Å². The molecule has 2 rings (SSSR count). The Morgan fingerprint density at radius 1 is 1.25 bits per heavy atom. The van der Waals surface area contributed by atoms with Crippen LogP contribution in [0.15, 0.2) is 23.6 Å². The van der Waals surface area contributed by atoms with Crippen LogP contribution < -0.4 is 15.2 Å². The fourth-order valence-corrected chi connectivity index (χ4v) is 2.64. The Morgan fingerprint density at radius 3 is 2.60 bits per heavy atom. The van der Waals surface area contributed by atoms with Crippen molar-refractivity contribution in [2.75, 3.05) is 13.2 Å². The van der Waals surface area contributed by atoms with Gasteiger partial charge in [-0.2, -0.15) is 0 Å². The average Bonchev–Trinajstić information content (AvgIpc) is 2.89. The van der Waals surface area contributed by atoms with Crippen molar-refractivity contribution in [3.8, 4) is 22.8 Å². The van der Waals surface area contributed by atoms with Gasteiger partial charge in [0, 0.05) is 17.0 Å². The Hall–Kier alpha value is -1.59. The largest absolute Gasteiger partial charge is 0.494 e. The van der Waals surface area contributed by atoms with Crippen LogP contribution >= 0.6 is 11.3 Å². The van der Waals surface area contributed by atoms with E-state index in [1.807, 2.05) is 44.4 Å². The van der Waals surface area contributed by atoms with E-state index in [1.165, 1.54) is 0 Å². The Morgan fingerprint density at radius 2 is 2.00 bits per heavy atom. The van der Waals surface area contributed by atoms with Gasteiger partial charge in [-0.1, -0.05) is 0 Å². The molecule has 0 spiro atoms. The minimum atomic E-state index is -0.0491. The lowest BCUT2D eigenvalue weighted by atomic mass is 10.1. The monoisotopic (exact) mass is 292 g/mol. The van der Waals surface area contributed by atoms with Gasteiger partial charge in [-0.25, -0.2) is 4.98 Å². The van der Waals surface area contributed by atoms with Crippen molar-refractivity contribution in [3.05, 3.63) is 28.6 Å². The van der Waals surface area contributed by atoms with Crippen molar-refractivity contribution >= 4 is 11.3 Å². The van der Waals surface area contributed by atoms with Gasteiger partial charge in [0.2, 0.25) is 0 Å². The maximum absolute atomic E-state index is 5.86. The highest BCUT2D eigenvalue weighted by atomic mass is 32.1. The zero-order chi connectivity index (χ0) is 14.5. The molecule has 0 aliphatic carbocycles. The molecule has 0 aliphatic heterocycles. The van der Waals surface area contributed by atoms with Crippen LogP contribution in [-0.4, -0.2) is 18.2 Å². The molecule has 1 aromatic heterocycles. The molecule has 0 radical (unpaired) electrons. The molecule has 0 fully saturated rings. The number of ether oxygens (including phenoxy) is 2. The van der Waals surface area contributed by atoms with Gasteiger partial charge in [0.15, 0.2) is 0 Å². The van der Waals surface area contributed by atoms with Crippen molar-refractivity contribution in [2.45, 2.75) is 26.8 Å². The highest BCUT2D eigenvalue weighted by Gasteiger charge is 2.13. The fraction of sp³-hybridized carbons (Fsp3) is 0.400. The van der Waals surface area contributed by atoms with Crippen LogP contribution in [0.25, 0.3) is 11.3 Å². The zero-order valence-electron chi connectivity index (χ0n) is 12.1. The van der Waals surface area contributed by atoms with E-state index in [1.54, 1.807) is 11.3 Å². The number of hydrogen-bond donors (Lipinski definition) is 1. The number of thiazole rings is 1. The molecule has 5 heteroatoms. The van der Waals surface area contributed by atoms with Gasteiger partial charge in [-0.3, -0.25) is 0 Å². The lowest BCUT2D eigenvalue weighted by Gasteiger charge is -2.11. The van der Waals surface area contributed by atoms with E-state index < -0.39 is 0 Å². The Bertz CT molecular complexity index is 567. The molecule has 2 N–H and O–H groups in total. The number of nitrogens with two attached hydrogens (primary N) is 1. The van der Waals surface area contributed by atoms with Crippen molar-refractivity contribution in [2.24, 2.45) is 5.73 Å². The quantitative estimate of drug-likeness (QED) is 0.883. The van der Waals surface area contributed by atoms with E-state index in [0.29, 0.717) is 13.2 Å². The molecular formula is C15H20N2O2S. The van der Waals surface area contributed by atoms with E-state index in [-0.39, 0.29) is 6.04 Å². The van der Waals surface area contributed by atoms with E-state index >= 15 is 0 Å². The van der Waals surface area contributed by atoms with Crippen LogP contribution in [0.2, 0.25) is 0 Å².